The maximum atomic E-state index is 12.5. The van der Waals surface area contributed by atoms with Crippen LogP contribution in [-0.4, -0.2) is 64.0 Å². The van der Waals surface area contributed by atoms with Crippen molar-refractivity contribution in [2.24, 2.45) is 10.2 Å². The van der Waals surface area contributed by atoms with E-state index >= 15 is 0 Å². The Kier molecular flexibility index (Phi) is 9.80. The molecule has 1 aliphatic rings. The van der Waals surface area contributed by atoms with Crippen molar-refractivity contribution >= 4 is 23.2 Å². The van der Waals surface area contributed by atoms with E-state index in [2.05, 4.69) is 20.3 Å². The fraction of sp³-hybridized carbons (Fsp3) is 0.458. The number of carbonyl (C=O) groups is 1. The van der Waals surface area contributed by atoms with E-state index in [9.17, 15) is 18.0 Å². The molecule has 1 amide bonds. The fourth-order valence-electron chi connectivity index (χ4n) is 3.72. The summed E-state index contributed by atoms with van der Waals surface area (Å²) < 4.78 is 68.5. The summed E-state index contributed by atoms with van der Waals surface area (Å²) in [5.74, 6) is -0.356. The standard InChI is InChI=1S/C24H28F3N3O7/c1-5-34-20-19(32-3)14(2)35-22(21(20)33-4)36-23(31)28-15-6-8-16(9-7-15)29-30-17-10-12-18(13-11-17)37-24(25,26)27/h6-14,19-22H,5H2,1-4H3,(H,28,31)/t14-,19-,20+,21+,22-/m0/s1. The first-order chi connectivity index (χ1) is 17.6. The zero-order valence-electron chi connectivity index (χ0n) is 20.6. The summed E-state index contributed by atoms with van der Waals surface area (Å²) in [7, 11) is 3.01. The molecule has 2 aromatic carbocycles. The van der Waals surface area contributed by atoms with Crippen molar-refractivity contribution in [3.63, 3.8) is 0 Å². The molecule has 37 heavy (non-hydrogen) atoms. The number of alkyl halides is 3. The van der Waals surface area contributed by atoms with Crippen LogP contribution in [0.5, 0.6) is 5.75 Å². The first-order valence-electron chi connectivity index (χ1n) is 11.3. The van der Waals surface area contributed by atoms with E-state index < -0.39 is 43.2 Å². The van der Waals surface area contributed by atoms with E-state index in [0.29, 0.717) is 23.7 Å². The van der Waals surface area contributed by atoms with E-state index in [0.717, 1.165) is 12.1 Å². The highest BCUT2D eigenvalue weighted by Crippen LogP contribution is 2.29. The maximum absolute atomic E-state index is 12.5. The molecular formula is C24H28F3N3O7. The predicted molar refractivity (Wildman–Crippen MR) is 125 cm³/mol. The number of hydrogen-bond donors (Lipinski definition) is 1. The van der Waals surface area contributed by atoms with Crippen LogP contribution in [0.2, 0.25) is 0 Å². The van der Waals surface area contributed by atoms with Gasteiger partial charge in [-0.15, -0.1) is 13.2 Å². The summed E-state index contributed by atoms with van der Waals surface area (Å²) >= 11 is 0. The van der Waals surface area contributed by atoms with Crippen LogP contribution >= 0.6 is 0 Å². The van der Waals surface area contributed by atoms with Crippen LogP contribution in [0.1, 0.15) is 13.8 Å². The summed E-state index contributed by atoms with van der Waals surface area (Å²) in [4.78, 5) is 12.5. The second-order valence-corrected chi connectivity index (χ2v) is 7.85. The second-order valence-electron chi connectivity index (χ2n) is 7.85. The Labute approximate surface area is 211 Å². The van der Waals surface area contributed by atoms with Gasteiger partial charge < -0.3 is 28.4 Å². The van der Waals surface area contributed by atoms with Crippen molar-refractivity contribution in [1.29, 1.82) is 0 Å². The first-order valence-corrected chi connectivity index (χ1v) is 11.3. The van der Waals surface area contributed by atoms with E-state index in [1.54, 1.807) is 38.3 Å². The second kappa shape index (κ2) is 12.8. The molecule has 1 aliphatic heterocycles. The molecular weight excluding hydrogens is 499 g/mol. The molecule has 1 N–H and O–H groups in total. The third-order valence-corrected chi connectivity index (χ3v) is 5.32. The minimum atomic E-state index is -4.77. The van der Waals surface area contributed by atoms with Gasteiger partial charge in [0, 0.05) is 26.5 Å². The zero-order valence-corrected chi connectivity index (χ0v) is 20.6. The largest absolute Gasteiger partial charge is 0.573 e. The van der Waals surface area contributed by atoms with Gasteiger partial charge in [-0.3, -0.25) is 5.32 Å². The summed E-state index contributed by atoms with van der Waals surface area (Å²) in [5, 5.41) is 10.6. The van der Waals surface area contributed by atoms with Crippen molar-refractivity contribution in [3.8, 4) is 5.75 Å². The Bertz CT molecular complexity index is 1040. The number of hydrogen-bond acceptors (Lipinski definition) is 9. The van der Waals surface area contributed by atoms with E-state index in [-0.39, 0.29) is 5.75 Å². The Morgan fingerprint density at radius 1 is 0.946 bits per heavy atom. The van der Waals surface area contributed by atoms with Gasteiger partial charge in [-0.05, 0) is 62.4 Å². The van der Waals surface area contributed by atoms with E-state index in [4.69, 9.17) is 23.7 Å². The molecule has 13 heteroatoms. The van der Waals surface area contributed by atoms with Crippen molar-refractivity contribution < 1.29 is 46.4 Å². The number of halogens is 3. The van der Waals surface area contributed by atoms with Crippen LogP contribution in [0.15, 0.2) is 58.8 Å². The molecule has 0 unspecified atom stereocenters. The van der Waals surface area contributed by atoms with Crippen LogP contribution < -0.4 is 10.1 Å². The molecule has 1 heterocycles. The lowest BCUT2D eigenvalue weighted by Crippen LogP contribution is -2.60. The van der Waals surface area contributed by atoms with Crippen LogP contribution in [-0.2, 0) is 23.7 Å². The van der Waals surface area contributed by atoms with Gasteiger partial charge in [-0.1, -0.05) is 0 Å². The fourth-order valence-corrected chi connectivity index (χ4v) is 3.72. The summed E-state index contributed by atoms with van der Waals surface area (Å²) in [6.07, 6.45) is -8.57. The highest BCUT2D eigenvalue weighted by atomic mass is 19.4. The number of amides is 1. The molecule has 202 valence electrons. The highest BCUT2D eigenvalue weighted by molar-refractivity contribution is 5.84. The highest BCUT2D eigenvalue weighted by Gasteiger charge is 2.47. The predicted octanol–water partition coefficient (Wildman–Crippen LogP) is 5.73. The number of azo groups is 1. The number of rotatable bonds is 9. The lowest BCUT2D eigenvalue weighted by atomic mass is 9.99. The van der Waals surface area contributed by atoms with Crippen molar-refractivity contribution in [2.45, 2.75) is 50.9 Å². The molecule has 3 rings (SSSR count). The van der Waals surface area contributed by atoms with Gasteiger partial charge in [-0.2, -0.15) is 10.2 Å². The zero-order chi connectivity index (χ0) is 27.0. The van der Waals surface area contributed by atoms with Crippen molar-refractivity contribution in [3.05, 3.63) is 48.5 Å². The molecule has 10 nitrogen and oxygen atoms in total. The molecule has 0 saturated carbocycles. The number of methoxy groups -OCH3 is 2. The van der Waals surface area contributed by atoms with Gasteiger partial charge in [0.1, 0.15) is 24.1 Å². The first kappa shape index (κ1) is 28.3. The minimum Gasteiger partial charge on any atom is -0.416 e. The summed E-state index contributed by atoms with van der Waals surface area (Å²) in [6.45, 7) is 4.05. The molecule has 5 atom stereocenters. The van der Waals surface area contributed by atoms with Gasteiger partial charge in [0.15, 0.2) is 0 Å². The lowest BCUT2D eigenvalue weighted by molar-refractivity contribution is -0.292. The third-order valence-electron chi connectivity index (χ3n) is 5.32. The van der Waals surface area contributed by atoms with Crippen LogP contribution in [0.3, 0.4) is 0 Å². The maximum Gasteiger partial charge on any atom is 0.573 e. The molecule has 1 fully saturated rings. The topological polar surface area (TPSA) is 109 Å². The Balaban J connectivity index is 1.57. The van der Waals surface area contributed by atoms with Gasteiger partial charge in [0.05, 0.1) is 17.5 Å². The van der Waals surface area contributed by atoms with E-state index in [1.165, 1.54) is 19.2 Å². The third kappa shape index (κ3) is 8.12. The van der Waals surface area contributed by atoms with Crippen molar-refractivity contribution in [2.75, 3.05) is 26.1 Å². The Hall–Kier alpha value is -3.26. The summed E-state index contributed by atoms with van der Waals surface area (Å²) in [5.41, 5.74) is 1.20. The van der Waals surface area contributed by atoms with Crippen LogP contribution in [0.25, 0.3) is 0 Å². The normalized spacial score (nSPS) is 24.1. The Morgan fingerprint density at radius 2 is 1.51 bits per heavy atom. The molecule has 1 saturated heterocycles. The average Bonchev–Trinajstić information content (AvgIpc) is 2.84. The smallest absolute Gasteiger partial charge is 0.416 e. The van der Waals surface area contributed by atoms with Gasteiger partial charge in [0.25, 0.3) is 0 Å². The summed E-state index contributed by atoms with van der Waals surface area (Å²) in [6, 6.07) is 11.3. The number of carbonyl (C=O) groups excluding carboxylic acids is 1. The number of nitrogens with zero attached hydrogens (tertiary/aromatic N) is 2. The number of ether oxygens (including phenoxy) is 6. The molecule has 0 aromatic heterocycles. The lowest BCUT2D eigenvalue weighted by Gasteiger charge is -2.43. The van der Waals surface area contributed by atoms with Crippen molar-refractivity contribution in [1.82, 2.24) is 0 Å². The molecule has 0 bridgehead atoms. The van der Waals surface area contributed by atoms with Gasteiger partial charge in [0.2, 0.25) is 6.29 Å². The van der Waals surface area contributed by atoms with Gasteiger partial charge in [-0.25, -0.2) is 4.79 Å². The number of benzene rings is 2. The van der Waals surface area contributed by atoms with Crippen LogP contribution in [0.4, 0.5) is 35.0 Å². The minimum absolute atomic E-state index is 0.329. The van der Waals surface area contributed by atoms with Gasteiger partial charge >= 0.3 is 12.5 Å². The molecule has 0 radical (unpaired) electrons. The SMILES string of the molecule is CCO[C@@H]1[C@@H](OC)[C@H](C)O[C@@H](OC(=O)Nc2ccc(N=Nc3ccc(OC(F)(F)F)cc3)cc2)[C@@H]1OC. The Morgan fingerprint density at radius 3 is 2.03 bits per heavy atom. The average molecular weight is 527 g/mol. The molecule has 2 aromatic rings. The molecule has 0 aliphatic carbocycles. The quantitative estimate of drug-likeness (QED) is 0.415. The monoisotopic (exact) mass is 527 g/mol. The van der Waals surface area contributed by atoms with Crippen LogP contribution in [0, 0.1) is 0 Å². The number of anilines is 1. The number of nitrogens with one attached hydrogen (secondary N) is 1. The molecule has 0 spiro atoms. The van der Waals surface area contributed by atoms with E-state index in [1.807, 2.05) is 6.92 Å².